The molecule has 0 amide bonds. The van der Waals surface area contributed by atoms with Gasteiger partial charge in [-0.3, -0.25) is 0 Å². The van der Waals surface area contributed by atoms with E-state index in [-0.39, 0.29) is 0 Å². The van der Waals surface area contributed by atoms with Crippen LogP contribution in [0.15, 0.2) is 34.0 Å². The minimum absolute atomic E-state index is 0.368. The number of aromatic nitrogens is 1. The molecule has 0 aliphatic carbocycles. The van der Waals surface area contributed by atoms with E-state index in [4.69, 9.17) is 0 Å². The number of nitrogens with zero attached hydrogens (tertiary/aromatic N) is 1. The minimum atomic E-state index is 0.368. The molecular weight excluding hydrogens is 296 g/mol. The van der Waals surface area contributed by atoms with Crippen LogP contribution in [0.4, 0.5) is 0 Å². The van der Waals surface area contributed by atoms with Crippen molar-refractivity contribution in [3.8, 4) is 0 Å². The fraction of sp³-hybridized carbons (Fsp3) is 0.471. The lowest BCUT2D eigenvalue weighted by molar-refractivity contribution is 0.643. The summed E-state index contributed by atoms with van der Waals surface area (Å²) in [4.78, 5) is 4.51. The van der Waals surface area contributed by atoms with Gasteiger partial charge >= 0.3 is 0 Å². The summed E-state index contributed by atoms with van der Waals surface area (Å²) >= 11 is 3.56. The van der Waals surface area contributed by atoms with Crippen LogP contribution in [0.1, 0.15) is 36.7 Å². The largest absolute Gasteiger partial charge is 0.312 e. The van der Waals surface area contributed by atoms with E-state index in [1.165, 1.54) is 11.1 Å². The van der Waals surface area contributed by atoms with Gasteiger partial charge in [0.25, 0.3) is 0 Å². The Kier molecular flexibility index (Phi) is 6.27. The lowest BCUT2D eigenvalue weighted by Crippen LogP contribution is -2.18. The standard InChI is InChI=1S/C17H24N2S2/c1-12(2)9-14-5-7-15(8-6-14)16(18-4)11-21-17-19-13(3)10-20-17/h5-8,10,12,16,18H,9,11H2,1-4H3. The molecule has 1 aromatic carbocycles. The monoisotopic (exact) mass is 320 g/mol. The molecule has 1 atom stereocenters. The number of nitrogens with one attached hydrogen (secondary N) is 1. The molecule has 21 heavy (non-hydrogen) atoms. The molecule has 1 unspecified atom stereocenters. The van der Waals surface area contributed by atoms with Crippen molar-refractivity contribution >= 4 is 23.1 Å². The van der Waals surface area contributed by atoms with E-state index >= 15 is 0 Å². The maximum atomic E-state index is 4.51. The Morgan fingerprint density at radius 3 is 2.48 bits per heavy atom. The van der Waals surface area contributed by atoms with Crippen molar-refractivity contribution < 1.29 is 0 Å². The maximum Gasteiger partial charge on any atom is 0.150 e. The predicted molar refractivity (Wildman–Crippen MR) is 94.4 cm³/mol. The van der Waals surface area contributed by atoms with Crippen molar-refractivity contribution in [2.75, 3.05) is 12.8 Å². The number of aryl methyl sites for hydroxylation is 1. The molecule has 2 rings (SSSR count). The van der Waals surface area contributed by atoms with Crippen LogP contribution in [-0.2, 0) is 6.42 Å². The number of thiazole rings is 1. The summed E-state index contributed by atoms with van der Waals surface area (Å²) in [6.45, 7) is 6.57. The lowest BCUT2D eigenvalue weighted by atomic mass is 10.00. The van der Waals surface area contributed by atoms with Crippen LogP contribution in [-0.4, -0.2) is 17.8 Å². The molecule has 0 radical (unpaired) electrons. The maximum absolute atomic E-state index is 4.51. The van der Waals surface area contributed by atoms with Gasteiger partial charge in [-0.25, -0.2) is 4.98 Å². The van der Waals surface area contributed by atoms with Gasteiger partial charge in [-0.15, -0.1) is 11.3 Å². The summed E-state index contributed by atoms with van der Waals surface area (Å²) in [5.41, 5.74) is 3.89. The molecule has 2 aromatic rings. The smallest absolute Gasteiger partial charge is 0.150 e. The third-order valence-corrected chi connectivity index (χ3v) is 5.58. The van der Waals surface area contributed by atoms with E-state index in [1.807, 2.05) is 25.7 Å². The van der Waals surface area contributed by atoms with E-state index in [0.29, 0.717) is 12.0 Å². The SMILES string of the molecule is CNC(CSc1nc(C)cs1)c1ccc(CC(C)C)cc1. The minimum Gasteiger partial charge on any atom is -0.312 e. The van der Waals surface area contributed by atoms with Gasteiger partial charge in [-0.1, -0.05) is 49.9 Å². The highest BCUT2D eigenvalue weighted by atomic mass is 32.2. The third kappa shape index (κ3) is 5.13. The molecule has 0 aliphatic rings. The average molecular weight is 321 g/mol. The molecule has 1 heterocycles. The quantitative estimate of drug-likeness (QED) is 0.748. The zero-order chi connectivity index (χ0) is 15.2. The molecular formula is C17H24N2S2. The van der Waals surface area contributed by atoms with E-state index in [2.05, 4.69) is 53.8 Å². The van der Waals surface area contributed by atoms with Gasteiger partial charge in [0.05, 0.1) is 0 Å². The Hall–Kier alpha value is -0.840. The van der Waals surface area contributed by atoms with Gasteiger partial charge < -0.3 is 5.32 Å². The summed E-state index contributed by atoms with van der Waals surface area (Å²) in [5, 5.41) is 5.52. The van der Waals surface area contributed by atoms with Crippen molar-refractivity contribution in [3.05, 3.63) is 46.5 Å². The van der Waals surface area contributed by atoms with Gasteiger partial charge in [-0.05, 0) is 37.4 Å². The molecule has 0 fully saturated rings. The summed E-state index contributed by atoms with van der Waals surface area (Å²) < 4.78 is 1.16. The Morgan fingerprint density at radius 1 is 1.24 bits per heavy atom. The van der Waals surface area contributed by atoms with Gasteiger partial charge in [0, 0.05) is 22.9 Å². The number of benzene rings is 1. The number of hydrogen-bond acceptors (Lipinski definition) is 4. The normalized spacial score (nSPS) is 12.8. The first-order valence-electron chi connectivity index (χ1n) is 7.39. The van der Waals surface area contributed by atoms with E-state index < -0.39 is 0 Å². The first kappa shape index (κ1) is 16.5. The Balaban J connectivity index is 1.96. The van der Waals surface area contributed by atoms with Crippen LogP contribution in [0, 0.1) is 12.8 Å². The van der Waals surface area contributed by atoms with Gasteiger partial charge in [0.15, 0.2) is 0 Å². The molecule has 1 N–H and O–H groups in total. The summed E-state index contributed by atoms with van der Waals surface area (Å²) in [5.74, 6) is 1.71. The molecule has 0 saturated heterocycles. The number of rotatable bonds is 7. The molecule has 1 aromatic heterocycles. The third-order valence-electron chi connectivity index (χ3n) is 3.35. The van der Waals surface area contributed by atoms with Crippen molar-refractivity contribution in [1.82, 2.24) is 10.3 Å². The topological polar surface area (TPSA) is 24.9 Å². The van der Waals surface area contributed by atoms with Crippen LogP contribution in [0.2, 0.25) is 0 Å². The second kappa shape index (κ2) is 7.97. The first-order chi connectivity index (χ1) is 10.1. The molecule has 2 nitrogen and oxygen atoms in total. The molecule has 0 aliphatic heterocycles. The first-order valence-corrected chi connectivity index (χ1v) is 9.26. The van der Waals surface area contributed by atoms with Gasteiger partial charge in [-0.2, -0.15) is 0 Å². The summed E-state index contributed by atoms with van der Waals surface area (Å²) in [6.07, 6.45) is 1.15. The second-order valence-corrected chi connectivity index (χ2v) is 7.87. The van der Waals surface area contributed by atoms with Crippen molar-refractivity contribution in [2.45, 2.75) is 37.6 Å². The Bertz CT molecular complexity index is 546. The zero-order valence-corrected chi connectivity index (χ0v) is 14.9. The number of thioether (sulfide) groups is 1. The highest BCUT2D eigenvalue weighted by Gasteiger charge is 2.11. The van der Waals surface area contributed by atoms with Crippen LogP contribution in [0.25, 0.3) is 0 Å². The van der Waals surface area contributed by atoms with Gasteiger partial charge in [0.1, 0.15) is 4.34 Å². The van der Waals surface area contributed by atoms with E-state index in [0.717, 1.165) is 22.2 Å². The Labute approximate surface area is 136 Å². The van der Waals surface area contributed by atoms with Crippen LogP contribution in [0.5, 0.6) is 0 Å². The van der Waals surface area contributed by atoms with E-state index in [9.17, 15) is 0 Å². The number of hydrogen-bond donors (Lipinski definition) is 1. The van der Waals surface area contributed by atoms with Crippen molar-refractivity contribution in [2.24, 2.45) is 5.92 Å². The molecule has 4 heteroatoms. The lowest BCUT2D eigenvalue weighted by Gasteiger charge is -2.16. The average Bonchev–Trinajstić information content (AvgIpc) is 2.86. The van der Waals surface area contributed by atoms with Crippen molar-refractivity contribution in [1.29, 1.82) is 0 Å². The van der Waals surface area contributed by atoms with Crippen LogP contribution in [0.3, 0.4) is 0 Å². The second-order valence-electron chi connectivity index (χ2n) is 5.75. The molecule has 114 valence electrons. The fourth-order valence-electron chi connectivity index (χ4n) is 2.26. The van der Waals surface area contributed by atoms with Crippen LogP contribution < -0.4 is 5.32 Å². The fourth-order valence-corrected chi connectivity index (χ4v) is 4.28. The molecule has 0 bridgehead atoms. The van der Waals surface area contributed by atoms with Crippen molar-refractivity contribution in [3.63, 3.8) is 0 Å². The zero-order valence-electron chi connectivity index (χ0n) is 13.2. The van der Waals surface area contributed by atoms with Gasteiger partial charge in [0.2, 0.25) is 0 Å². The summed E-state index contributed by atoms with van der Waals surface area (Å²) in [7, 11) is 2.03. The highest BCUT2D eigenvalue weighted by molar-refractivity contribution is 8.01. The van der Waals surface area contributed by atoms with E-state index in [1.54, 1.807) is 11.3 Å². The van der Waals surface area contributed by atoms with Crippen LogP contribution >= 0.6 is 23.1 Å². The molecule has 0 spiro atoms. The summed E-state index contributed by atoms with van der Waals surface area (Å²) in [6, 6.07) is 9.40. The predicted octanol–water partition coefficient (Wildman–Crippen LogP) is 4.70. The highest BCUT2D eigenvalue weighted by Crippen LogP contribution is 2.27. The molecule has 0 saturated carbocycles. The Morgan fingerprint density at radius 2 is 1.95 bits per heavy atom.